The van der Waals surface area contributed by atoms with Gasteiger partial charge in [-0.15, -0.1) is 0 Å². The Balaban J connectivity index is 2.95. The smallest absolute Gasteiger partial charge is 0.329 e. The van der Waals surface area contributed by atoms with Crippen LogP contribution in [0.25, 0.3) is 0 Å². The summed E-state index contributed by atoms with van der Waals surface area (Å²) >= 11 is 5.61. The molecule has 0 N–H and O–H groups in total. The molecule has 104 valence electrons. The largest absolute Gasteiger partial charge is 0.465 e. The highest BCUT2D eigenvalue weighted by Crippen LogP contribution is 2.13. The topological polar surface area (TPSA) is 85.7 Å². The van der Waals surface area contributed by atoms with Crippen molar-refractivity contribution in [2.45, 2.75) is 12.2 Å². The average Bonchev–Trinajstić information content (AvgIpc) is 2.30. The summed E-state index contributed by atoms with van der Waals surface area (Å²) in [5.74, 6) is -0.851. The lowest BCUT2D eigenvalue weighted by Crippen LogP contribution is -2.32. The Kier molecular flexibility index (Phi) is 5.44. The zero-order valence-electron chi connectivity index (χ0n) is 10.4. The van der Waals surface area contributed by atoms with Gasteiger partial charge in [0.2, 0.25) is 0 Å². The second-order valence-corrected chi connectivity index (χ2v) is 6.17. The third-order valence-electron chi connectivity index (χ3n) is 2.05. The molecule has 8 heteroatoms. The standard InChI is InChI=1S/C11H13ClN2O4S/c1-3-18-11(15)9(19(2,16)17)7-13-8-4-5-10(12)14-6-8/h4-7,9H,3H2,1-2H3. The van der Waals surface area contributed by atoms with E-state index in [-0.39, 0.29) is 6.61 Å². The molecule has 1 aromatic heterocycles. The maximum Gasteiger partial charge on any atom is 0.329 e. The Morgan fingerprint density at radius 1 is 1.58 bits per heavy atom. The Morgan fingerprint density at radius 3 is 2.74 bits per heavy atom. The number of halogens is 1. The lowest BCUT2D eigenvalue weighted by Gasteiger charge is -2.08. The van der Waals surface area contributed by atoms with Crippen molar-refractivity contribution in [2.24, 2.45) is 4.99 Å². The van der Waals surface area contributed by atoms with Crippen LogP contribution in [0, 0.1) is 0 Å². The van der Waals surface area contributed by atoms with Crippen LogP contribution in [0.2, 0.25) is 5.15 Å². The number of pyridine rings is 1. The van der Waals surface area contributed by atoms with Crippen molar-refractivity contribution in [1.82, 2.24) is 4.98 Å². The van der Waals surface area contributed by atoms with Gasteiger partial charge in [-0.05, 0) is 19.1 Å². The molecule has 0 aliphatic carbocycles. The van der Waals surface area contributed by atoms with E-state index in [0.29, 0.717) is 10.8 Å². The third-order valence-corrected chi connectivity index (χ3v) is 3.51. The number of hydrogen-bond acceptors (Lipinski definition) is 6. The van der Waals surface area contributed by atoms with Crippen molar-refractivity contribution in [3.05, 3.63) is 23.5 Å². The third kappa shape index (κ3) is 4.96. The summed E-state index contributed by atoms with van der Waals surface area (Å²) in [6.45, 7) is 1.69. The predicted molar refractivity (Wildman–Crippen MR) is 72.7 cm³/mol. The van der Waals surface area contributed by atoms with E-state index in [1.807, 2.05) is 0 Å². The number of aliphatic imine (C=N–C) groups is 1. The zero-order valence-corrected chi connectivity index (χ0v) is 12.0. The van der Waals surface area contributed by atoms with Gasteiger partial charge in [-0.3, -0.25) is 9.79 Å². The fraction of sp³-hybridized carbons (Fsp3) is 0.364. The second-order valence-electron chi connectivity index (χ2n) is 3.62. The molecule has 0 amide bonds. The Morgan fingerprint density at radius 2 is 2.26 bits per heavy atom. The molecule has 0 aromatic carbocycles. The molecular weight excluding hydrogens is 292 g/mol. The average molecular weight is 305 g/mol. The van der Waals surface area contributed by atoms with Crippen LogP contribution in [0.4, 0.5) is 5.69 Å². The number of esters is 1. The quantitative estimate of drug-likeness (QED) is 0.466. The number of nitrogens with zero attached hydrogens (tertiary/aromatic N) is 2. The SMILES string of the molecule is CCOC(=O)C(C=Nc1ccc(Cl)nc1)S(C)(=O)=O. The van der Waals surface area contributed by atoms with E-state index in [1.54, 1.807) is 13.0 Å². The molecular formula is C11H13ClN2O4S. The lowest BCUT2D eigenvalue weighted by molar-refractivity contribution is -0.141. The van der Waals surface area contributed by atoms with Crippen LogP contribution in [0.1, 0.15) is 6.92 Å². The maximum absolute atomic E-state index is 11.5. The van der Waals surface area contributed by atoms with Gasteiger partial charge >= 0.3 is 5.97 Å². The van der Waals surface area contributed by atoms with E-state index in [9.17, 15) is 13.2 Å². The number of carbonyl (C=O) groups is 1. The zero-order chi connectivity index (χ0) is 14.5. The molecule has 0 saturated carbocycles. The summed E-state index contributed by atoms with van der Waals surface area (Å²) in [4.78, 5) is 19.2. The van der Waals surface area contributed by atoms with Crippen molar-refractivity contribution in [2.75, 3.05) is 12.9 Å². The normalized spacial score (nSPS) is 13.4. The van der Waals surface area contributed by atoms with Crippen molar-refractivity contribution < 1.29 is 17.9 Å². The molecule has 0 radical (unpaired) electrons. The van der Waals surface area contributed by atoms with Gasteiger partial charge in [0.1, 0.15) is 5.15 Å². The van der Waals surface area contributed by atoms with Gasteiger partial charge in [-0.1, -0.05) is 11.6 Å². The maximum atomic E-state index is 11.5. The van der Waals surface area contributed by atoms with E-state index in [2.05, 4.69) is 9.98 Å². The van der Waals surface area contributed by atoms with E-state index < -0.39 is 21.1 Å². The highest BCUT2D eigenvalue weighted by atomic mass is 35.5. The summed E-state index contributed by atoms with van der Waals surface area (Å²) in [5, 5.41) is -1.13. The summed E-state index contributed by atoms with van der Waals surface area (Å²) in [7, 11) is -3.63. The first-order valence-corrected chi connectivity index (χ1v) is 7.69. The van der Waals surface area contributed by atoms with E-state index in [0.717, 1.165) is 12.5 Å². The fourth-order valence-corrected chi connectivity index (χ4v) is 1.98. The first kappa shape index (κ1) is 15.6. The van der Waals surface area contributed by atoms with Crippen molar-refractivity contribution in [3.8, 4) is 0 Å². The van der Waals surface area contributed by atoms with Crippen LogP contribution in [-0.2, 0) is 19.4 Å². The van der Waals surface area contributed by atoms with Gasteiger partial charge in [0.05, 0.1) is 18.5 Å². The van der Waals surface area contributed by atoms with E-state index in [1.165, 1.54) is 12.3 Å². The molecule has 1 rings (SSSR count). The molecule has 0 spiro atoms. The van der Waals surface area contributed by atoms with Crippen LogP contribution < -0.4 is 0 Å². The summed E-state index contributed by atoms with van der Waals surface area (Å²) in [6, 6.07) is 3.06. The van der Waals surface area contributed by atoms with Gasteiger partial charge < -0.3 is 4.74 Å². The number of ether oxygens (including phenoxy) is 1. The van der Waals surface area contributed by atoms with Gasteiger partial charge in [0.25, 0.3) is 0 Å². The molecule has 0 saturated heterocycles. The molecule has 0 aliphatic rings. The monoisotopic (exact) mass is 304 g/mol. The predicted octanol–water partition coefficient (Wildman–Crippen LogP) is 1.41. The number of rotatable bonds is 5. The molecule has 0 bridgehead atoms. The van der Waals surface area contributed by atoms with E-state index >= 15 is 0 Å². The van der Waals surface area contributed by atoms with Crippen LogP contribution in [0.5, 0.6) is 0 Å². The lowest BCUT2D eigenvalue weighted by atomic mass is 10.4. The Hall–Kier alpha value is -1.47. The summed E-state index contributed by atoms with van der Waals surface area (Å²) in [6.07, 6.45) is 3.34. The van der Waals surface area contributed by atoms with Crippen molar-refractivity contribution in [3.63, 3.8) is 0 Å². The first-order chi connectivity index (χ1) is 8.84. The number of aromatic nitrogens is 1. The Bertz CT molecular complexity index is 569. The van der Waals surface area contributed by atoms with Gasteiger partial charge in [-0.2, -0.15) is 0 Å². The molecule has 0 fully saturated rings. The fourth-order valence-electron chi connectivity index (χ4n) is 1.17. The van der Waals surface area contributed by atoms with Crippen molar-refractivity contribution in [1.29, 1.82) is 0 Å². The van der Waals surface area contributed by atoms with Crippen LogP contribution in [0.15, 0.2) is 23.3 Å². The van der Waals surface area contributed by atoms with E-state index in [4.69, 9.17) is 16.3 Å². The van der Waals surface area contributed by atoms with Crippen LogP contribution in [0.3, 0.4) is 0 Å². The van der Waals surface area contributed by atoms with Gasteiger partial charge in [0, 0.05) is 12.5 Å². The first-order valence-electron chi connectivity index (χ1n) is 5.36. The second kappa shape index (κ2) is 6.63. The van der Waals surface area contributed by atoms with Crippen LogP contribution >= 0.6 is 11.6 Å². The summed E-state index contributed by atoms with van der Waals surface area (Å²) in [5.41, 5.74) is 0.391. The minimum atomic E-state index is -3.63. The van der Waals surface area contributed by atoms with Gasteiger partial charge in [0.15, 0.2) is 15.1 Å². The molecule has 1 atom stereocenters. The number of hydrogen-bond donors (Lipinski definition) is 0. The molecule has 6 nitrogen and oxygen atoms in total. The highest BCUT2D eigenvalue weighted by molar-refractivity contribution is 7.92. The minimum Gasteiger partial charge on any atom is -0.465 e. The molecule has 19 heavy (non-hydrogen) atoms. The number of carbonyl (C=O) groups excluding carboxylic acids is 1. The minimum absolute atomic E-state index is 0.0984. The summed E-state index contributed by atoms with van der Waals surface area (Å²) < 4.78 is 27.7. The van der Waals surface area contributed by atoms with Gasteiger partial charge in [-0.25, -0.2) is 13.4 Å². The highest BCUT2D eigenvalue weighted by Gasteiger charge is 2.28. The Labute approximate surface area is 116 Å². The molecule has 1 heterocycles. The molecule has 1 unspecified atom stereocenters. The molecule has 1 aromatic rings. The number of sulfone groups is 1. The van der Waals surface area contributed by atoms with Crippen molar-refractivity contribution >= 4 is 39.3 Å². The molecule has 0 aliphatic heterocycles. The van der Waals surface area contributed by atoms with Crippen LogP contribution in [-0.4, -0.2) is 43.7 Å².